The number of hydrogen-bond acceptors (Lipinski definition) is 0. The summed E-state index contributed by atoms with van der Waals surface area (Å²) in [4.78, 5) is 0. The zero-order valence-corrected chi connectivity index (χ0v) is 11.4. The summed E-state index contributed by atoms with van der Waals surface area (Å²) >= 11 is 0. The summed E-state index contributed by atoms with van der Waals surface area (Å²) in [5.74, 6) is 0.830. The van der Waals surface area contributed by atoms with Gasteiger partial charge in [0.15, 0.2) is 0 Å². The number of rotatable bonds is 1. The van der Waals surface area contributed by atoms with Crippen LogP contribution in [0.1, 0.15) is 30.4 Å². The predicted octanol–water partition coefficient (Wildman–Crippen LogP) is 5.26. The van der Waals surface area contributed by atoms with Gasteiger partial charge in [0.05, 0.1) is 0 Å². The van der Waals surface area contributed by atoms with Crippen molar-refractivity contribution in [2.75, 3.05) is 0 Å². The first-order chi connectivity index (χ1) is 9.09. The molecule has 0 aromatic heterocycles. The van der Waals surface area contributed by atoms with Crippen LogP contribution in [0.3, 0.4) is 0 Å². The highest BCUT2D eigenvalue weighted by molar-refractivity contribution is 5.93. The first kappa shape index (κ1) is 12.2. The molecular formula is C19H20. The van der Waals surface area contributed by atoms with Gasteiger partial charge in [-0.1, -0.05) is 61.7 Å². The number of fused-ring (bicyclic) bond motifs is 1. The number of allylic oxidation sites excluding steroid dienone is 4. The highest BCUT2D eigenvalue weighted by atomic mass is 14.4. The normalized spacial score (nSPS) is 23.9. The molecule has 0 bridgehead atoms. The van der Waals surface area contributed by atoms with Crippen LogP contribution in [0.4, 0.5) is 0 Å². The second kappa shape index (κ2) is 4.38. The van der Waals surface area contributed by atoms with E-state index in [2.05, 4.69) is 50.6 Å². The Morgan fingerprint density at radius 2 is 1.47 bits per heavy atom. The van der Waals surface area contributed by atoms with Crippen molar-refractivity contribution in [3.63, 3.8) is 0 Å². The fraction of sp³-hybridized carbons (Fsp3) is 0.263. The van der Waals surface area contributed by atoms with Crippen molar-refractivity contribution in [2.45, 2.75) is 19.3 Å². The zero-order valence-electron chi connectivity index (χ0n) is 11.4. The van der Waals surface area contributed by atoms with Gasteiger partial charge in [0, 0.05) is 5.92 Å². The van der Waals surface area contributed by atoms with Crippen LogP contribution in [-0.2, 0) is 0 Å². The Balaban J connectivity index is 1.96. The number of benzene rings is 1. The lowest BCUT2D eigenvalue weighted by Gasteiger charge is -2.32. The molecule has 0 aliphatic heterocycles. The van der Waals surface area contributed by atoms with E-state index in [1.165, 1.54) is 33.4 Å². The highest BCUT2D eigenvalue weighted by Crippen LogP contribution is 2.51. The molecule has 1 unspecified atom stereocenters. The Morgan fingerprint density at radius 3 is 2.00 bits per heavy atom. The van der Waals surface area contributed by atoms with E-state index in [1.807, 2.05) is 0 Å². The maximum atomic E-state index is 4.33. The molecule has 0 heteroatoms. The van der Waals surface area contributed by atoms with Crippen LogP contribution in [-0.4, -0.2) is 0 Å². The lowest BCUT2D eigenvalue weighted by atomic mass is 9.72. The lowest BCUT2D eigenvalue weighted by Crippen LogP contribution is -2.19. The summed E-state index contributed by atoms with van der Waals surface area (Å²) in [5, 5.41) is 0. The maximum absolute atomic E-state index is 4.33. The van der Waals surface area contributed by atoms with Crippen molar-refractivity contribution < 1.29 is 0 Å². The van der Waals surface area contributed by atoms with Crippen molar-refractivity contribution in [1.82, 2.24) is 0 Å². The van der Waals surface area contributed by atoms with Crippen molar-refractivity contribution in [2.24, 2.45) is 11.8 Å². The third-order valence-electron chi connectivity index (χ3n) is 4.58. The maximum Gasteiger partial charge on any atom is 0.0155 e. The molecule has 1 aromatic carbocycles. The molecule has 96 valence electrons. The second-order valence-electron chi connectivity index (χ2n) is 5.80. The van der Waals surface area contributed by atoms with Gasteiger partial charge in [-0.25, -0.2) is 0 Å². The minimum absolute atomic E-state index is 0.345. The van der Waals surface area contributed by atoms with Crippen molar-refractivity contribution >= 4 is 11.1 Å². The van der Waals surface area contributed by atoms with Gasteiger partial charge in [0.2, 0.25) is 0 Å². The predicted molar refractivity (Wildman–Crippen MR) is 83.6 cm³/mol. The fourth-order valence-corrected chi connectivity index (χ4v) is 3.58. The van der Waals surface area contributed by atoms with Gasteiger partial charge in [0.1, 0.15) is 0 Å². The molecule has 0 spiro atoms. The van der Waals surface area contributed by atoms with Gasteiger partial charge >= 0.3 is 0 Å². The minimum Gasteiger partial charge on any atom is -0.0995 e. The summed E-state index contributed by atoms with van der Waals surface area (Å²) in [5.41, 5.74) is 7.60. The van der Waals surface area contributed by atoms with E-state index in [0.717, 1.165) is 19.3 Å². The van der Waals surface area contributed by atoms with E-state index in [1.54, 1.807) is 0 Å². The fourth-order valence-electron chi connectivity index (χ4n) is 3.58. The molecule has 0 N–H and O–H groups in total. The third kappa shape index (κ3) is 1.83. The van der Waals surface area contributed by atoms with Gasteiger partial charge in [-0.3, -0.25) is 0 Å². The topological polar surface area (TPSA) is 0 Å². The van der Waals surface area contributed by atoms with E-state index in [4.69, 9.17) is 0 Å². The van der Waals surface area contributed by atoms with Crippen molar-refractivity contribution in [3.05, 3.63) is 72.9 Å². The Labute approximate surface area is 115 Å². The van der Waals surface area contributed by atoms with Gasteiger partial charge in [-0.05, 0) is 47.5 Å². The molecule has 0 saturated heterocycles. The van der Waals surface area contributed by atoms with Crippen LogP contribution in [0.5, 0.6) is 0 Å². The molecule has 1 aromatic rings. The molecule has 2 aliphatic rings. The van der Waals surface area contributed by atoms with Crippen molar-refractivity contribution in [3.8, 4) is 0 Å². The minimum atomic E-state index is 0.345. The first-order valence-electron chi connectivity index (χ1n) is 6.91. The summed E-state index contributed by atoms with van der Waals surface area (Å²) in [6.07, 6.45) is 3.21. The standard InChI is InChI=1S/C19H20/c1-12-9-10-16(13(2)11-12)19-14(3)17-7-5-6-8-18(17)15(19)4/h5-8,16,19H,1-4,9-11H2. The zero-order chi connectivity index (χ0) is 13.6. The molecule has 1 atom stereocenters. The SMILES string of the molecule is C=C1CCC(C2C(=C)c3ccccc3C2=C)C(=C)C1. The largest absolute Gasteiger partial charge is 0.0995 e. The van der Waals surface area contributed by atoms with E-state index in [0.29, 0.717) is 11.8 Å². The molecule has 0 radical (unpaired) electrons. The van der Waals surface area contributed by atoms with Crippen LogP contribution in [0, 0.1) is 11.8 Å². The molecule has 19 heavy (non-hydrogen) atoms. The van der Waals surface area contributed by atoms with E-state index in [9.17, 15) is 0 Å². The monoisotopic (exact) mass is 248 g/mol. The molecule has 0 heterocycles. The summed E-state index contributed by atoms with van der Waals surface area (Å²) in [7, 11) is 0. The average Bonchev–Trinajstić information content (AvgIpc) is 2.64. The molecule has 0 amide bonds. The van der Waals surface area contributed by atoms with Crippen LogP contribution in [0.2, 0.25) is 0 Å². The summed E-state index contributed by atoms with van der Waals surface area (Å²) in [6.45, 7) is 17.0. The molecule has 3 rings (SSSR count). The molecular weight excluding hydrogens is 228 g/mol. The van der Waals surface area contributed by atoms with Crippen LogP contribution in [0.25, 0.3) is 11.1 Å². The lowest BCUT2D eigenvalue weighted by molar-refractivity contribution is 0.471. The Morgan fingerprint density at radius 1 is 0.895 bits per heavy atom. The van der Waals surface area contributed by atoms with Gasteiger partial charge in [0.25, 0.3) is 0 Å². The molecule has 1 saturated carbocycles. The molecule has 1 fully saturated rings. The van der Waals surface area contributed by atoms with E-state index >= 15 is 0 Å². The van der Waals surface area contributed by atoms with Gasteiger partial charge < -0.3 is 0 Å². The molecule has 2 aliphatic carbocycles. The van der Waals surface area contributed by atoms with Crippen LogP contribution in [0.15, 0.2) is 61.7 Å². The smallest absolute Gasteiger partial charge is 0.0155 e. The Hall–Kier alpha value is -1.82. The first-order valence-corrected chi connectivity index (χ1v) is 6.91. The summed E-state index contributed by atoms with van der Waals surface area (Å²) in [6, 6.07) is 8.48. The second-order valence-corrected chi connectivity index (χ2v) is 5.80. The van der Waals surface area contributed by atoms with Gasteiger partial charge in [-0.15, -0.1) is 0 Å². The third-order valence-corrected chi connectivity index (χ3v) is 4.58. The van der Waals surface area contributed by atoms with E-state index < -0.39 is 0 Å². The van der Waals surface area contributed by atoms with E-state index in [-0.39, 0.29) is 0 Å². The van der Waals surface area contributed by atoms with Gasteiger partial charge in [-0.2, -0.15) is 0 Å². The Bertz CT molecular complexity index is 565. The van der Waals surface area contributed by atoms with Crippen molar-refractivity contribution in [1.29, 1.82) is 0 Å². The number of hydrogen-bond donors (Lipinski definition) is 0. The highest BCUT2D eigenvalue weighted by Gasteiger charge is 2.37. The molecule has 0 nitrogen and oxygen atoms in total. The van der Waals surface area contributed by atoms with Crippen LogP contribution < -0.4 is 0 Å². The quantitative estimate of drug-likeness (QED) is 0.595. The average molecular weight is 248 g/mol. The van der Waals surface area contributed by atoms with Crippen LogP contribution >= 0.6 is 0 Å². The Kier molecular flexibility index (Phi) is 2.82. The summed E-state index contributed by atoms with van der Waals surface area (Å²) < 4.78 is 0.